The summed E-state index contributed by atoms with van der Waals surface area (Å²) >= 11 is 0. The van der Waals surface area contributed by atoms with Crippen molar-refractivity contribution in [2.75, 3.05) is 59.6 Å². The van der Waals surface area contributed by atoms with Crippen LogP contribution in [-0.4, -0.2) is 93.1 Å². The third kappa shape index (κ3) is 9.64. The number of aliphatic imine (C=N–C) groups is 1. The van der Waals surface area contributed by atoms with Gasteiger partial charge in [-0.2, -0.15) is 0 Å². The molecule has 0 radical (unpaired) electrons. The molecule has 0 aromatic carbocycles. The molecule has 2 aliphatic rings. The zero-order valence-electron chi connectivity index (χ0n) is 20.3. The molecule has 0 aliphatic carbocycles. The van der Waals surface area contributed by atoms with Gasteiger partial charge in [0.25, 0.3) is 0 Å². The average Bonchev–Trinajstić information content (AvgIpc) is 2.74. The normalized spacial score (nSPS) is 19.6. The molecule has 0 spiro atoms. The first kappa shape index (κ1) is 25.7. The first-order chi connectivity index (χ1) is 14.8. The van der Waals surface area contributed by atoms with Crippen LogP contribution in [0.1, 0.15) is 59.8 Å². The summed E-state index contributed by atoms with van der Waals surface area (Å²) in [5, 5.41) is 3.45. The van der Waals surface area contributed by atoms with Crippen LogP contribution in [0.25, 0.3) is 0 Å². The van der Waals surface area contributed by atoms with Gasteiger partial charge in [-0.1, -0.05) is 0 Å². The van der Waals surface area contributed by atoms with Crippen LogP contribution in [0.2, 0.25) is 0 Å². The quantitative estimate of drug-likeness (QED) is 0.355. The van der Waals surface area contributed by atoms with E-state index in [1.54, 1.807) is 7.11 Å². The molecule has 2 rings (SSSR count). The van der Waals surface area contributed by atoms with E-state index in [1.807, 2.05) is 25.7 Å². The minimum atomic E-state index is -0.443. The maximum absolute atomic E-state index is 12.2. The van der Waals surface area contributed by atoms with E-state index in [9.17, 15) is 4.79 Å². The van der Waals surface area contributed by atoms with E-state index >= 15 is 0 Å². The summed E-state index contributed by atoms with van der Waals surface area (Å²) in [6, 6.07) is 0. The maximum Gasteiger partial charge on any atom is 0.410 e. The lowest BCUT2D eigenvalue weighted by Crippen LogP contribution is -2.47. The smallest absolute Gasteiger partial charge is 0.410 e. The Morgan fingerprint density at radius 1 is 1.03 bits per heavy atom. The third-order valence-corrected chi connectivity index (χ3v) is 5.69. The number of rotatable bonds is 8. The molecule has 0 unspecified atom stereocenters. The number of hydrogen-bond acceptors (Lipinski definition) is 5. The van der Waals surface area contributed by atoms with Gasteiger partial charge in [-0.05, 0) is 65.7 Å². The molecular formula is C23H44N4O4. The number of nitrogens with one attached hydrogen (secondary N) is 1. The topological polar surface area (TPSA) is 75.6 Å². The molecule has 31 heavy (non-hydrogen) atoms. The zero-order chi connectivity index (χ0) is 22.7. The van der Waals surface area contributed by atoms with Crippen molar-refractivity contribution < 1.29 is 19.0 Å². The van der Waals surface area contributed by atoms with Crippen molar-refractivity contribution in [3.8, 4) is 0 Å². The fourth-order valence-electron chi connectivity index (χ4n) is 3.95. The number of amides is 1. The highest BCUT2D eigenvalue weighted by Gasteiger charge is 2.27. The van der Waals surface area contributed by atoms with Gasteiger partial charge in [0.15, 0.2) is 5.96 Å². The fraction of sp³-hybridized carbons (Fsp3) is 0.913. The highest BCUT2D eigenvalue weighted by Crippen LogP contribution is 2.20. The summed E-state index contributed by atoms with van der Waals surface area (Å²) in [5.41, 5.74) is -0.443. The second kappa shape index (κ2) is 13.1. The number of hydrogen-bond donors (Lipinski definition) is 1. The van der Waals surface area contributed by atoms with Crippen LogP contribution < -0.4 is 5.32 Å². The van der Waals surface area contributed by atoms with Crippen molar-refractivity contribution in [1.29, 1.82) is 0 Å². The SMILES string of the molecule is CCNC(=NCC1CCN(C(=O)OC(C)(C)C)CC1)N1CCC(OCCCOC)CC1. The van der Waals surface area contributed by atoms with Crippen molar-refractivity contribution in [1.82, 2.24) is 15.1 Å². The number of nitrogens with zero attached hydrogens (tertiary/aromatic N) is 3. The average molecular weight is 441 g/mol. The molecule has 2 saturated heterocycles. The van der Waals surface area contributed by atoms with Gasteiger partial charge in [0.2, 0.25) is 0 Å². The second-order valence-corrected chi connectivity index (χ2v) is 9.51. The van der Waals surface area contributed by atoms with E-state index in [0.717, 1.165) is 90.5 Å². The molecule has 8 nitrogen and oxygen atoms in total. The van der Waals surface area contributed by atoms with Crippen LogP contribution in [0.5, 0.6) is 0 Å². The minimum Gasteiger partial charge on any atom is -0.444 e. The van der Waals surface area contributed by atoms with Crippen molar-refractivity contribution >= 4 is 12.1 Å². The van der Waals surface area contributed by atoms with E-state index in [-0.39, 0.29) is 6.09 Å². The second-order valence-electron chi connectivity index (χ2n) is 9.51. The first-order valence-electron chi connectivity index (χ1n) is 11.9. The number of carbonyl (C=O) groups is 1. The summed E-state index contributed by atoms with van der Waals surface area (Å²) in [5.74, 6) is 1.52. The van der Waals surface area contributed by atoms with Gasteiger partial charge in [-0.15, -0.1) is 0 Å². The van der Waals surface area contributed by atoms with Crippen molar-refractivity contribution in [3.63, 3.8) is 0 Å². The summed E-state index contributed by atoms with van der Waals surface area (Å²) < 4.78 is 16.6. The Bertz CT molecular complexity index is 548. The van der Waals surface area contributed by atoms with Crippen LogP contribution >= 0.6 is 0 Å². The molecule has 0 bridgehead atoms. The fourth-order valence-corrected chi connectivity index (χ4v) is 3.95. The maximum atomic E-state index is 12.2. The molecule has 0 atom stereocenters. The summed E-state index contributed by atoms with van der Waals surface area (Å²) in [6.07, 6.45) is 5.10. The van der Waals surface area contributed by atoms with Gasteiger partial charge in [0.05, 0.1) is 6.10 Å². The molecule has 0 aromatic heterocycles. The predicted octanol–water partition coefficient (Wildman–Crippen LogP) is 3.12. The van der Waals surface area contributed by atoms with E-state index in [0.29, 0.717) is 12.0 Å². The Balaban J connectivity index is 1.75. The van der Waals surface area contributed by atoms with Crippen molar-refractivity contribution in [2.24, 2.45) is 10.9 Å². The lowest BCUT2D eigenvalue weighted by Gasteiger charge is -2.35. The van der Waals surface area contributed by atoms with Gasteiger partial charge in [0.1, 0.15) is 5.60 Å². The Morgan fingerprint density at radius 3 is 2.26 bits per heavy atom. The molecule has 2 fully saturated rings. The molecule has 0 saturated carbocycles. The van der Waals surface area contributed by atoms with Crippen LogP contribution in [0, 0.1) is 5.92 Å². The lowest BCUT2D eigenvalue weighted by atomic mass is 9.97. The molecule has 8 heteroatoms. The van der Waals surface area contributed by atoms with Crippen molar-refractivity contribution in [3.05, 3.63) is 0 Å². The largest absolute Gasteiger partial charge is 0.444 e. The summed E-state index contributed by atoms with van der Waals surface area (Å²) in [7, 11) is 1.73. The Labute approximate surface area is 188 Å². The summed E-state index contributed by atoms with van der Waals surface area (Å²) in [4.78, 5) is 21.4. The minimum absolute atomic E-state index is 0.199. The molecule has 180 valence electrons. The van der Waals surface area contributed by atoms with Gasteiger partial charge in [-0.3, -0.25) is 4.99 Å². The molecular weight excluding hydrogens is 396 g/mol. The van der Waals surface area contributed by atoms with Crippen LogP contribution in [0.3, 0.4) is 0 Å². The van der Waals surface area contributed by atoms with E-state index in [2.05, 4.69) is 17.1 Å². The van der Waals surface area contributed by atoms with E-state index < -0.39 is 5.60 Å². The molecule has 2 aliphatic heterocycles. The van der Waals surface area contributed by atoms with Crippen molar-refractivity contribution in [2.45, 2.75) is 71.5 Å². The Hall–Kier alpha value is -1.54. The van der Waals surface area contributed by atoms with Gasteiger partial charge in [-0.25, -0.2) is 4.79 Å². The Morgan fingerprint density at radius 2 is 1.68 bits per heavy atom. The van der Waals surface area contributed by atoms with Crippen LogP contribution in [-0.2, 0) is 14.2 Å². The van der Waals surface area contributed by atoms with E-state index in [4.69, 9.17) is 19.2 Å². The Kier molecular flexibility index (Phi) is 10.9. The van der Waals surface area contributed by atoms with Crippen LogP contribution in [0.4, 0.5) is 4.79 Å². The standard InChI is InChI=1S/C23H44N4O4/c1-6-24-21(26-14-10-20(11-15-26)30-17-7-16-29-5)25-18-19-8-12-27(13-9-19)22(28)31-23(2,3)4/h19-20H,6-18H2,1-5H3,(H,24,25). The highest BCUT2D eigenvalue weighted by atomic mass is 16.6. The molecule has 1 N–H and O–H groups in total. The van der Waals surface area contributed by atoms with Gasteiger partial charge < -0.3 is 29.3 Å². The first-order valence-corrected chi connectivity index (χ1v) is 11.9. The predicted molar refractivity (Wildman–Crippen MR) is 124 cm³/mol. The third-order valence-electron chi connectivity index (χ3n) is 5.69. The monoisotopic (exact) mass is 440 g/mol. The number of guanidine groups is 1. The number of ether oxygens (including phenoxy) is 3. The number of piperidine rings is 2. The van der Waals surface area contributed by atoms with Crippen LogP contribution in [0.15, 0.2) is 4.99 Å². The summed E-state index contributed by atoms with van der Waals surface area (Å²) in [6.45, 7) is 14.5. The highest BCUT2D eigenvalue weighted by molar-refractivity contribution is 5.80. The molecule has 2 heterocycles. The number of likely N-dealkylation sites (tertiary alicyclic amines) is 2. The number of methoxy groups -OCH3 is 1. The molecule has 0 aromatic rings. The lowest BCUT2D eigenvalue weighted by molar-refractivity contribution is 0.00978. The molecule has 1 amide bonds. The zero-order valence-corrected chi connectivity index (χ0v) is 20.3. The van der Waals surface area contributed by atoms with E-state index in [1.165, 1.54) is 0 Å². The van der Waals surface area contributed by atoms with Gasteiger partial charge in [0, 0.05) is 59.6 Å². The van der Waals surface area contributed by atoms with Gasteiger partial charge >= 0.3 is 6.09 Å². The number of carbonyl (C=O) groups excluding carboxylic acids is 1.